The van der Waals surface area contributed by atoms with Crippen LogP contribution in [0.2, 0.25) is 0 Å². The summed E-state index contributed by atoms with van der Waals surface area (Å²) < 4.78 is 15.7. The predicted octanol–water partition coefficient (Wildman–Crippen LogP) is 3.45. The summed E-state index contributed by atoms with van der Waals surface area (Å²) in [6.07, 6.45) is 2.79. The molecule has 9 heteroatoms. The van der Waals surface area contributed by atoms with Crippen LogP contribution in [0.3, 0.4) is 0 Å². The molecule has 29 heavy (non-hydrogen) atoms. The quantitative estimate of drug-likeness (QED) is 0.478. The average molecular weight is 418 g/mol. The first kappa shape index (κ1) is 22.0. The molecule has 1 heterocycles. The lowest BCUT2D eigenvalue weighted by atomic mass is 10.2. The minimum Gasteiger partial charge on any atom is -0.490 e. The molecule has 1 aromatic heterocycles. The van der Waals surface area contributed by atoms with Crippen LogP contribution in [-0.2, 0) is 14.3 Å². The van der Waals surface area contributed by atoms with Crippen molar-refractivity contribution < 1.29 is 28.6 Å². The summed E-state index contributed by atoms with van der Waals surface area (Å²) in [4.78, 5) is 35.3. The van der Waals surface area contributed by atoms with Gasteiger partial charge >= 0.3 is 12.0 Å². The van der Waals surface area contributed by atoms with Crippen LogP contribution in [0.4, 0.5) is 10.5 Å². The van der Waals surface area contributed by atoms with Crippen LogP contribution in [0, 0.1) is 0 Å². The van der Waals surface area contributed by atoms with Crippen molar-refractivity contribution in [3.05, 3.63) is 46.7 Å². The molecule has 0 spiro atoms. The summed E-state index contributed by atoms with van der Waals surface area (Å²) in [5.41, 5.74) is 1.27. The molecule has 2 rings (SSSR count). The second-order valence-corrected chi connectivity index (χ2v) is 6.31. The van der Waals surface area contributed by atoms with Gasteiger partial charge in [-0.3, -0.25) is 10.1 Å². The van der Waals surface area contributed by atoms with Gasteiger partial charge in [0, 0.05) is 17.8 Å². The Bertz CT molecular complexity index is 864. The molecule has 0 saturated heterocycles. The number of nitrogens with one attached hydrogen (secondary N) is 2. The Hall–Kier alpha value is -3.33. The Morgan fingerprint density at radius 3 is 2.52 bits per heavy atom. The van der Waals surface area contributed by atoms with Gasteiger partial charge in [-0.2, -0.15) is 11.3 Å². The second kappa shape index (κ2) is 11.5. The van der Waals surface area contributed by atoms with E-state index in [9.17, 15) is 14.4 Å². The number of hydrogen-bond acceptors (Lipinski definition) is 7. The highest BCUT2D eigenvalue weighted by Gasteiger charge is 2.12. The summed E-state index contributed by atoms with van der Waals surface area (Å²) >= 11 is 1.50. The third-order valence-electron chi connectivity index (χ3n) is 3.35. The van der Waals surface area contributed by atoms with Crippen molar-refractivity contribution in [2.45, 2.75) is 13.8 Å². The summed E-state index contributed by atoms with van der Waals surface area (Å²) in [5.74, 6) is -0.404. The molecule has 3 amide bonds. The molecule has 1 aromatic carbocycles. The van der Waals surface area contributed by atoms with Crippen molar-refractivity contribution in [3.8, 4) is 11.5 Å². The van der Waals surface area contributed by atoms with Gasteiger partial charge in [0.15, 0.2) is 18.1 Å². The fraction of sp³-hybridized carbons (Fsp3) is 0.250. The third kappa shape index (κ3) is 7.67. The maximum atomic E-state index is 12.0. The van der Waals surface area contributed by atoms with Gasteiger partial charge in [-0.15, -0.1) is 0 Å². The van der Waals surface area contributed by atoms with Gasteiger partial charge in [-0.1, -0.05) is 0 Å². The highest BCUT2D eigenvalue weighted by atomic mass is 32.1. The van der Waals surface area contributed by atoms with Crippen molar-refractivity contribution in [3.63, 3.8) is 0 Å². The third-order valence-corrected chi connectivity index (χ3v) is 4.06. The van der Waals surface area contributed by atoms with Crippen LogP contribution in [0.5, 0.6) is 11.5 Å². The largest absolute Gasteiger partial charge is 0.490 e. The number of thiophene rings is 1. The highest BCUT2D eigenvalue weighted by molar-refractivity contribution is 7.08. The van der Waals surface area contributed by atoms with Crippen LogP contribution < -0.4 is 20.1 Å². The molecule has 2 aromatic rings. The van der Waals surface area contributed by atoms with E-state index in [1.807, 2.05) is 30.7 Å². The van der Waals surface area contributed by atoms with Gasteiger partial charge in [-0.05, 0) is 54.4 Å². The van der Waals surface area contributed by atoms with Gasteiger partial charge in [0.1, 0.15) is 0 Å². The van der Waals surface area contributed by atoms with Gasteiger partial charge in [-0.25, -0.2) is 9.59 Å². The van der Waals surface area contributed by atoms with Crippen molar-refractivity contribution >= 4 is 41.0 Å². The molecule has 0 aliphatic rings. The van der Waals surface area contributed by atoms with Gasteiger partial charge in [0.25, 0.3) is 5.91 Å². The number of amides is 3. The van der Waals surface area contributed by atoms with E-state index in [2.05, 4.69) is 10.6 Å². The van der Waals surface area contributed by atoms with Crippen molar-refractivity contribution in [2.75, 3.05) is 25.1 Å². The Labute approximate surface area is 172 Å². The van der Waals surface area contributed by atoms with Crippen LogP contribution in [-0.4, -0.2) is 37.7 Å². The Balaban J connectivity index is 1.81. The zero-order valence-electron chi connectivity index (χ0n) is 16.1. The molecule has 0 radical (unpaired) electrons. The lowest BCUT2D eigenvalue weighted by Gasteiger charge is -2.13. The molecule has 0 atom stereocenters. The number of carbonyl (C=O) groups is 3. The smallest absolute Gasteiger partial charge is 0.331 e. The minimum absolute atomic E-state index is 0.415. The fourth-order valence-corrected chi connectivity index (χ4v) is 2.80. The maximum absolute atomic E-state index is 12.0. The topological polar surface area (TPSA) is 103 Å². The van der Waals surface area contributed by atoms with E-state index in [0.29, 0.717) is 30.4 Å². The summed E-state index contributed by atoms with van der Waals surface area (Å²) in [6, 6.07) is 5.95. The fourth-order valence-electron chi connectivity index (χ4n) is 2.17. The molecular weight excluding hydrogens is 396 g/mol. The molecule has 0 unspecified atom stereocenters. The number of carbonyl (C=O) groups excluding carboxylic acids is 3. The van der Waals surface area contributed by atoms with Gasteiger partial charge < -0.3 is 19.5 Å². The summed E-state index contributed by atoms with van der Waals surface area (Å²) in [7, 11) is 0. The molecule has 8 nitrogen and oxygen atoms in total. The first-order chi connectivity index (χ1) is 14.0. The molecule has 0 aliphatic carbocycles. The van der Waals surface area contributed by atoms with E-state index in [-0.39, 0.29) is 0 Å². The number of rotatable bonds is 9. The van der Waals surface area contributed by atoms with Crippen molar-refractivity contribution in [1.29, 1.82) is 0 Å². The standard InChI is InChI=1S/C20H22N2O6S/c1-3-26-16-7-6-15(11-17(16)27-4-2)21-20(25)22-18(23)12-28-19(24)8-5-14-9-10-29-13-14/h5-11,13H,3-4,12H2,1-2H3,(H2,21,22,23,25)/b8-5+. The molecular formula is C20H22N2O6S. The van der Waals surface area contributed by atoms with E-state index in [1.54, 1.807) is 24.3 Å². The van der Waals surface area contributed by atoms with Crippen LogP contribution in [0.25, 0.3) is 6.08 Å². The molecule has 0 bridgehead atoms. The Morgan fingerprint density at radius 1 is 1.07 bits per heavy atom. The number of urea groups is 1. The van der Waals surface area contributed by atoms with Crippen LogP contribution >= 0.6 is 11.3 Å². The van der Waals surface area contributed by atoms with Crippen molar-refractivity contribution in [2.24, 2.45) is 0 Å². The highest BCUT2D eigenvalue weighted by Crippen LogP contribution is 2.30. The summed E-state index contributed by atoms with van der Waals surface area (Å²) in [6.45, 7) is 4.01. The van der Waals surface area contributed by atoms with Crippen molar-refractivity contribution in [1.82, 2.24) is 5.32 Å². The average Bonchev–Trinajstić information content (AvgIpc) is 3.20. The number of ether oxygens (including phenoxy) is 3. The molecule has 0 fully saturated rings. The number of anilines is 1. The number of esters is 1. The molecule has 2 N–H and O–H groups in total. The number of imide groups is 1. The van der Waals surface area contributed by atoms with E-state index in [1.165, 1.54) is 17.4 Å². The first-order valence-electron chi connectivity index (χ1n) is 8.89. The molecule has 0 saturated carbocycles. The van der Waals surface area contributed by atoms with E-state index in [4.69, 9.17) is 14.2 Å². The minimum atomic E-state index is -0.758. The first-order valence-corrected chi connectivity index (χ1v) is 9.83. The lowest BCUT2D eigenvalue weighted by molar-refractivity contribution is -0.143. The number of hydrogen-bond donors (Lipinski definition) is 2. The van der Waals surface area contributed by atoms with Gasteiger partial charge in [0.2, 0.25) is 0 Å². The lowest BCUT2D eigenvalue weighted by Crippen LogP contribution is -2.37. The normalized spacial score (nSPS) is 10.4. The van der Waals surface area contributed by atoms with Crippen LogP contribution in [0.15, 0.2) is 41.1 Å². The zero-order valence-corrected chi connectivity index (χ0v) is 16.9. The Kier molecular flexibility index (Phi) is 8.71. The number of benzene rings is 1. The molecule has 0 aliphatic heterocycles. The van der Waals surface area contributed by atoms with E-state index in [0.717, 1.165) is 5.56 Å². The van der Waals surface area contributed by atoms with Gasteiger partial charge in [0.05, 0.1) is 13.2 Å². The summed E-state index contributed by atoms with van der Waals surface area (Å²) in [5, 5.41) is 8.33. The SMILES string of the molecule is CCOc1ccc(NC(=O)NC(=O)COC(=O)/C=C/c2ccsc2)cc1OCC. The Morgan fingerprint density at radius 2 is 1.83 bits per heavy atom. The van der Waals surface area contributed by atoms with E-state index >= 15 is 0 Å². The maximum Gasteiger partial charge on any atom is 0.331 e. The monoisotopic (exact) mass is 418 g/mol. The predicted molar refractivity (Wildman–Crippen MR) is 110 cm³/mol. The second-order valence-electron chi connectivity index (χ2n) is 5.53. The molecule has 154 valence electrons. The van der Waals surface area contributed by atoms with Crippen LogP contribution in [0.1, 0.15) is 19.4 Å². The van der Waals surface area contributed by atoms with E-state index < -0.39 is 24.5 Å². The zero-order chi connectivity index (χ0) is 21.1.